The first kappa shape index (κ1) is 23.6. The number of anilines is 1. The number of para-hydroxylation sites is 2. The quantitative estimate of drug-likeness (QED) is 0.458. The summed E-state index contributed by atoms with van der Waals surface area (Å²) < 4.78 is 38.5. The zero-order chi connectivity index (χ0) is 23.0. The molecule has 0 unspecified atom stereocenters. The molecule has 3 aromatic rings. The van der Waals surface area contributed by atoms with Gasteiger partial charge in [0, 0.05) is 6.54 Å². The fraction of sp³-hybridized carbons (Fsp3) is 0.174. The van der Waals surface area contributed by atoms with Crippen molar-refractivity contribution in [3.63, 3.8) is 0 Å². The minimum absolute atomic E-state index is 0.000810. The van der Waals surface area contributed by atoms with E-state index in [0.717, 1.165) is 5.56 Å². The highest BCUT2D eigenvalue weighted by Gasteiger charge is 2.17. The van der Waals surface area contributed by atoms with Gasteiger partial charge in [-0.25, -0.2) is 13.1 Å². The van der Waals surface area contributed by atoms with E-state index < -0.39 is 15.9 Å². The van der Waals surface area contributed by atoms with Crippen LogP contribution in [0.5, 0.6) is 11.5 Å². The predicted octanol–water partition coefficient (Wildman–Crippen LogP) is 4.23. The van der Waals surface area contributed by atoms with Gasteiger partial charge in [-0.2, -0.15) is 0 Å². The molecule has 3 rings (SSSR count). The molecular formula is C23H23ClN2O5S. The molecule has 0 aliphatic carbocycles. The third-order valence-electron chi connectivity index (χ3n) is 4.34. The van der Waals surface area contributed by atoms with Gasteiger partial charge >= 0.3 is 0 Å². The summed E-state index contributed by atoms with van der Waals surface area (Å²) in [5.41, 5.74) is 1.36. The first-order valence-corrected chi connectivity index (χ1v) is 11.7. The van der Waals surface area contributed by atoms with E-state index in [1.54, 1.807) is 24.3 Å². The average molecular weight is 475 g/mol. The van der Waals surface area contributed by atoms with Gasteiger partial charge in [-0.05, 0) is 42.8 Å². The molecule has 0 saturated heterocycles. The highest BCUT2D eigenvalue weighted by atomic mass is 35.5. The van der Waals surface area contributed by atoms with Crippen molar-refractivity contribution in [2.24, 2.45) is 0 Å². The molecule has 0 atom stereocenters. The van der Waals surface area contributed by atoms with E-state index in [0.29, 0.717) is 18.0 Å². The number of hydrogen-bond acceptors (Lipinski definition) is 5. The normalized spacial score (nSPS) is 11.1. The molecule has 7 nitrogen and oxygen atoms in total. The summed E-state index contributed by atoms with van der Waals surface area (Å²) in [5.74, 6) is 0.343. The molecule has 1 amide bonds. The molecule has 168 valence electrons. The van der Waals surface area contributed by atoms with Gasteiger partial charge in [0.15, 0.2) is 6.61 Å². The molecule has 0 aliphatic heterocycles. The SMILES string of the molecule is CCOc1ccccc1NC(=O)COc1ccc(S(=O)(=O)NCc2ccccc2)cc1Cl. The van der Waals surface area contributed by atoms with Crippen molar-refractivity contribution in [2.75, 3.05) is 18.5 Å². The fourth-order valence-corrected chi connectivity index (χ4v) is 4.15. The van der Waals surface area contributed by atoms with Crippen molar-refractivity contribution >= 4 is 33.2 Å². The Morgan fingerprint density at radius 3 is 2.38 bits per heavy atom. The fourth-order valence-electron chi connectivity index (χ4n) is 2.80. The minimum atomic E-state index is -3.76. The Bertz CT molecular complexity index is 1170. The summed E-state index contributed by atoms with van der Waals surface area (Å²) in [5, 5.41) is 2.79. The summed E-state index contributed by atoms with van der Waals surface area (Å²) in [7, 11) is -3.76. The minimum Gasteiger partial charge on any atom is -0.492 e. The second-order valence-electron chi connectivity index (χ2n) is 6.67. The Morgan fingerprint density at radius 1 is 0.938 bits per heavy atom. The maximum Gasteiger partial charge on any atom is 0.262 e. The second kappa shape index (κ2) is 11.0. The number of amides is 1. The Balaban J connectivity index is 1.60. The summed E-state index contributed by atoms with van der Waals surface area (Å²) in [4.78, 5) is 12.3. The Labute approximate surface area is 192 Å². The lowest BCUT2D eigenvalue weighted by Gasteiger charge is -2.13. The lowest BCUT2D eigenvalue weighted by atomic mass is 10.2. The van der Waals surface area contributed by atoms with E-state index >= 15 is 0 Å². The van der Waals surface area contributed by atoms with Crippen molar-refractivity contribution in [3.8, 4) is 11.5 Å². The van der Waals surface area contributed by atoms with E-state index in [-0.39, 0.29) is 28.8 Å². The van der Waals surface area contributed by atoms with Crippen LogP contribution >= 0.6 is 11.6 Å². The first-order chi connectivity index (χ1) is 15.4. The highest BCUT2D eigenvalue weighted by Crippen LogP contribution is 2.28. The topological polar surface area (TPSA) is 93.7 Å². The Morgan fingerprint density at radius 2 is 1.66 bits per heavy atom. The van der Waals surface area contributed by atoms with Gasteiger partial charge in [0.1, 0.15) is 11.5 Å². The smallest absolute Gasteiger partial charge is 0.262 e. The molecule has 2 N–H and O–H groups in total. The molecule has 32 heavy (non-hydrogen) atoms. The molecule has 3 aromatic carbocycles. The van der Waals surface area contributed by atoms with Crippen LogP contribution in [0.25, 0.3) is 0 Å². The summed E-state index contributed by atoms with van der Waals surface area (Å²) in [6.07, 6.45) is 0. The van der Waals surface area contributed by atoms with E-state index in [2.05, 4.69) is 10.0 Å². The summed E-state index contributed by atoms with van der Waals surface area (Å²) >= 11 is 6.19. The van der Waals surface area contributed by atoms with Gasteiger partial charge in [0.05, 0.1) is 22.2 Å². The van der Waals surface area contributed by atoms with Gasteiger partial charge in [0.25, 0.3) is 5.91 Å². The van der Waals surface area contributed by atoms with E-state index in [4.69, 9.17) is 21.1 Å². The number of sulfonamides is 1. The number of rotatable bonds is 10. The maximum atomic E-state index is 12.5. The average Bonchev–Trinajstić information content (AvgIpc) is 2.79. The molecular weight excluding hydrogens is 452 g/mol. The predicted molar refractivity (Wildman–Crippen MR) is 124 cm³/mol. The number of ether oxygens (including phenoxy) is 2. The molecule has 0 heterocycles. The largest absolute Gasteiger partial charge is 0.492 e. The van der Waals surface area contributed by atoms with Crippen molar-refractivity contribution < 1.29 is 22.7 Å². The van der Waals surface area contributed by atoms with Crippen LogP contribution in [0, 0.1) is 0 Å². The number of nitrogens with one attached hydrogen (secondary N) is 2. The number of carbonyl (C=O) groups excluding carboxylic acids is 1. The monoisotopic (exact) mass is 474 g/mol. The van der Waals surface area contributed by atoms with Crippen LogP contribution in [0.3, 0.4) is 0 Å². The zero-order valence-electron chi connectivity index (χ0n) is 17.4. The van der Waals surface area contributed by atoms with Crippen LogP contribution < -0.4 is 19.5 Å². The molecule has 0 bridgehead atoms. The van der Waals surface area contributed by atoms with Crippen molar-refractivity contribution in [3.05, 3.63) is 83.4 Å². The Hall–Kier alpha value is -3.07. The molecule has 0 fully saturated rings. The molecule has 0 spiro atoms. The highest BCUT2D eigenvalue weighted by molar-refractivity contribution is 7.89. The second-order valence-corrected chi connectivity index (χ2v) is 8.84. The van der Waals surface area contributed by atoms with E-state index in [1.165, 1.54) is 18.2 Å². The first-order valence-electron chi connectivity index (χ1n) is 9.86. The lowest BCUT2D eigenvalue weighted by molar-refractivity contribution is -0.118. The molecule has 9 heteroatoms. The van der Waals surface area contributed by atoms with Crippen molar-refractivity contribution in [1.82, 2.24) is 4.72 Å². The van der Waals surface area contributed by atoms with Crippen LogP contribution in [-0.2, 0) is 21.4 Å². The van der Waals surface area contributed by atoms with Crippen LogP contribution in [0.4, 0.5) is 5.69 Å². The summed E-state index contributed by atoms with van der Waals surface area (Å²) in [6, 6.07) is 20.3. The molecule has 0 radical (unpaired) electrons. The van der Waals surface area contributed by atoms with Gasteiger partial charge in [-0.3, -0.25) is 4.79 Å². The third kappa shape index (κ3) is 6.46. The van der Waals surface area contributed by atoms with Crippen LogP contribution in [0.15, 0.2) is 77.7 Å². The van der Waals surface area contributed by atoms with Gasteiger partial charge in [0.2, 0.25) is 10.0 Å². The number of benzene rings is 3. The van der Waals surface area contributed by atoms with E-state index in [9.17, 15) is 13.2 Å². The standard InChI is InChI=1S/C23H23ClN2O5S/c1-2-30-22-11-7-6-10-20(22)26-23(27)16-31-21-13-12-18(14-19(21)24)32(28,29)25-15-17-8-4-3-5-9-17/h3-14,25H,2,15-16H2,1H3,(H,26,27). The van der Waals surface area contributed by atoms with Gasteiger partial charge < -0.3 is 14.8 Å². The van der Waals surface area contributed by atoms with Crippen molar-refractivity contribution in [2.45, 2.75) is 18.4 Å². The van der Waals surface area contributed by atoms with Crippen LogP contribution in [-0.4, -0.2) is 27.5 Å². The molecule has 0 aromatic heterocycles. The zero-order valence-corrected chi connectivity index (χ0v) is 18.9. The third-order valence-corrected chi connectivity index (χ3v) is 6.04. The molecule has 0 aliphatic rings. The lowest BCUT2D eigenvalue weighted by Crippen LogP contribution is -2.23. The Kier molecular flexibility index (Phi) is 8.10. The van der Waals surface area contributed by atoms with Crippen LogP contribution in [0.2, 0.25) is 5.02 Å². The number of hydrogen-bond donors (Lipinski definition) is 2. The van der Waals surface area contributed by atoms with E-state index in [1.807, 2.05) is 37.3 Å². The number of carbonyl (C=O) groups is 1. The van der Waals surface area contributed by atoms with Gasteiger partial charge in [-0.1, -0.05) is 54.1 Å². The maximum absolute atomic E-state index is 12.5. The van der Waals surface area contributed by atoms with Crippen LogP contribution in [0.1, 0.15) is 12.5 Å². The van der Waals surface area contributed by atoms with Gasteiger partial charge in [-0.15, -0.1) is 0 Å². The molecule has 0 saturated carbocycles. The van der Waals surface area contributed by atoms with Crippen molar-refractivity contribution in [1.29, 1.82) is 0 Å². The number of halogens is 1. The summed E-state index contributed by atoms with van der Waals surface area (Å²) in [6.45, 7) is 2.17.